The van der Waals surface area contributed by atoms with Gasteiger partial charge in [-0.3, -0.25) is 0 Å². The van der Waals surface area contributed by atoms with E-state index in [9.17, 15) is 0 Å². The highest BCUT2D eigenvalue weighted by molar-refractivity contribution is 7.99. The molecule has 1 heterocycles. The molecule has 0 saturated carbocycles. The molecule has 1 N–H and O–H groups in total. The van der Waals surface area contributed by atoms with Crippen molar-refractivity contribution in [2.24, 2.45) is 0 Å². The fraction of sp³-hybridized carbons (Fsp3) is 0.333. The van der Waals surface area contributed by atoms with Crippen LogP contribution in [0.4, 0.5) is 0 Å². The summed E-state index contributed by atoms with van der Waals surface area (Å²) in [5.74, 6) is 0. The van der Waals surface area contributed by atoms with E-state index in [0.717, 1.165) is 23.9 Å². The zero-order valence-electron chi connectivity index (χ0n) is 11.6. The van der Waals surface area contributed by atoms with Gasteiger partial charge in [-0.05, 0) is 55.4 Å². The third-order valence-corrected chi connectivity index (χ3v) is 3.85. The van der Waals surface area contributed by atoms with Crippen LogP contribution in [0.5, 0.6) is 0 Å². The Balaban J connectivity index is 2.13. The molecule has 0 aliphatic carbocycles. The summed E-state index contributed by atoms with van der Waals surface area (Å²) in [5, 5.41) is 4.14. The molecule has 2 rings (SSSR count). The van der Waals surface area contributed by atoms with Crippen LogP contribution in [0.1, 0.15) is 23.7 Å². The maximum absolute atomic E-state index is 4.42. The van der Waals surface area contributed by atoms with Crippen molar-refractivity contribution in [2.75, 3.05) is 6.54 Å². The molecule has 19 heavy (non-hydrogen) atoms. The fourth-order valence-electron chi connectivity index (χ4n) is 1.78. The number of aromatic nitrogens is 2. The van der Waals surface area contributed by atoms with E-state index in [4.69, 9.17) is 0 Å². The van der Waals surface area contributed by atoms with Gasteiger partial charge in [0.2, 0.25) is 0 Å². The predicted octanol–water partition coefficient (Wildman–Crippen LogP) is 3.35. The van der Waals surface area contributed by atoms with Crippen molar-refractivity contribution >= 4 is 11.8 Å². The van der Waals surface area contributed by atoms with Crippen LogP contribution in [0.15, 0.2) is 40.5 Å². The molecule has 0 saturated heterocycles. The van der Waals surface area contributed by atoms with E-state index in [1.54, 1.807) is 18.0 Å². The van der Waals surface area contributed by atoms with Gasteiger partial charge >= 0.3 is 0 Å². The molecule has 1 aromatic carbocycles. The summed E-state index contributed by atoms with van der Waals surface area (Å²) < 4.78 is 0. The first-order valence-corrected chi connectivity index (χ1v) is 7.28. The highest BCUT2D eigenvalue weighted by Crippen LogP contribution is 2.28. The SMILES string of the molecule is CCNCc1ccc(Sc2nccc(C)n2)c(C)c1. The van der Waals surface area contributed by atoms with Crippen LogP contribution < -0.4 is 5.32 Å². The Morgan fingerprint density at radius 2 is 2.05 bits per heavy atom. The highest BCUT2D eigenvalue weighted by Gasteiger charge is 2.05. The molecule has 0 atom stereocenters. The van der Waals surface area contributed by atoms with Crippen LogP contribution in [0.2, 0.25) is 0 Å². The Morgan fingerprint density at radius 3 is 2.74 bits per heavy atom. The van der Waals surface area contributed by atoms with Gasteiger partial charge in [0.1, 0.15) is 0 Å². The summed E-state index contributed by atoms with van der Waals surface area (Å²) in [6, 6.07) is 8.45. The second-order valence-corrected chi connectivity index (χ2v) is 5.47. The van der Waals surface area contributed by atoms with E-state index in [0.29, 0.717) is 0 Å². The quantitative estimate of drug-likeness (QED) is 0.848. The van der Waals surface area contributed by atoms with Gasteiger partial charge in [0, 0.05) is 23.3 Å². The zero-order valence-corrected chi connectivity index (χ0v) is 12.4. The monoisotopic (exact) mass is 273 g/mol. The van der Waals surface area contributed by atoms with Crippen molar-refractivity contribution in [3.63, 3.8) is 0 Å². The first-order valence-electron chi connectivity index (χ1n) is 6.47. The molecule has 1 aromatic heterocycles. The minimum absolute atomic E-state index is 0.808. The summed E-state index contributed by atoms with van der Waals surface area (Å²) in [7, 11) is 0. The van der Waals surface area contributed by atoms with Crippen LogP contribution in [0.3, 0.4) is 0 Å². The maximum Gasteiger partial charge on any atom is 0.192 e. The smallest absolute Gasteiger partial charge is 0.192 e. The van der Waals surface area contributed by atoms with E-state index >= 15 is 0 Å². The molecule has 0 aliphatic rings. The molecule has 0 unspecified atom stereocenters. The minimum atomic E-state index is 0.808. The molecule has 100 valence electrons. The van der Waals surface area contributed by atoms with Gasteiger partial charge in [0.25, 0.3) is 0 Å². The lowest BCUT2D eigenvalue weighted by Gasteiger charge is -2.08. The predicted molar refractivity (Wildman–Crippen MR) is 79.5 cm³/mol. The molecule has 0 bridgehead atoms. The van der Waals surface area contributed by atoms with E-state index in [1.807, 2.05) is 13.0 Å². The molecular weight excluding hydrogens is 254 g/mol. The first kappa shape index (κ1) is 14.0. The van der Waals surface area contributed by atoms with Crippen LogP contribution in [-0.4, -0.2) is 16.5 Å². The topological polar surface area (TPSA) is 37.8 Å². The van der Waals surface area contributed by atoms with Crippen LogP contribution in [0.25, 0.3) is 0 Å². The Morgan fingerprint density at radius 1 is 1.21 bits per heavy atom. The lowest BCUT2D eigenvalue weighted by atomic mass is 10.1. The van der Waals surface area contributed by atoms with E-state index in [1.165, 1.54) is 16.0 Å². The normalized spacial score (nSPS) is 10.7. The van der Waals surface area contributed by atoms with E-state index in [-0.39, 0.29) is 0 Å². The Hall–Kier alpha value is -1.39. The first-order chi connectivity index (χ1) is 9.19. The molecule has 2 aromatic rings. The van der Waals surface area contributed by atoms with Crippen molar-refractivity contribution in [3.05, 3.63) is 47.3 Å². The van der Waals surface area contributed by atoms with E-state index in [2.05, 4.69) is 47.3 Å². The summed E-state index contributed by atoms with van der Waals surface area (Å²) in [4.78, 5) is 9.92. The molecular formula is C15H19N3S. The van der Waals surface area contributed by atoms with Gasteiger partial charge < -0.3 is 5.32 Å². The molecule has 4 heteroatoms. The van der Waals surface area contributed by atoms with Crippen LogP contribution >= 0.6 is 11.8 Å². The average molecular weight is 273 g/mol. The molecule has 0 fully saturated rings. The van der Waals surface area contributed by atoms with Crippen LogP contribution in [0, 0.1) is 13.8 Å². The Labute approximate surface area is 118 Å². The number of hydrogen-bond acceptors (Lipinski definition) is 4. The summed E-state index contributed by atoms with van der Waals surface area (Å²) in [6.45, 7) is 8.15. The molecule has 0 amide bonds. The standard InChI is InChI=1S/C15H19N3S/c1-4-16-10-13-5-6-14(11(2)9-13)19-15-17-8-7-12(3)18-15/h5-9,16H,4,10H2,1-3H3. The molecule has 3 nitrogen and oxygen atoms in total. The van der Waals surface area contributed by atoms with E-state index < -0.39 is 0 Å². The van der Waals surface area contributed by atoms with Gasteiger partial charge in [-0.2, -0.15) is 0 Å². The molecule has 0 spiro atoms. The number of aryl methyl sites for hydroxylation is 2. The highest BCUT2D eigenvalue weighted by atomic mass is 32.2. The third-order valence-electron chi connectivity index (χ3n) is 2.79. The van der Waals surface area contributed by atoms with Gasteiger partial charge in [-0.15, -0.1) is 0 Å². The lowest BCUT2D eigenvalue weighted by molar-refractivity contribution is 0.726. The van der Waals surface area contributed by atoms with Gasteiger partial charge in [-0.25, -0.2) is 9.97 Å². The van der Waals surface area contributed by atoms with Gasteiger partial charge in [-0.1, -0.05) is 19.1 Å². The average Bonchev–Trinajstić information content (AvgIpc) is 2.39. The van der Waals surface area contributed by atoms with Crippen molar-refractivity contribution in [1.82, 2.24) is 15.3 Å². The second kappa shape index (κ2) is 6.68. The van der Waals surface area contributed by atoms with Crippen molar-refractivity contribution in [3.8, 4) is 0 Å². The minimum Gasteiger partial charge on any atom is -0.313 e. The van der Waals surface area contributed by atoms with Crippen molar-refractivity contribution in [2.45, 2.75) is 37.4 Å². The lowest BCUT2D eigenvalue weighted by Crippen LogP contribution is -2.11. The summed E-state index contributed by atoms with van der Waals surface area (Å²) in [5.41, 5.74) is 3.58. The summed E-state index contributed by atoms with van der Waals surface area (Å²) >= 11 is 1.62. The molecule has 0 aliphatic heterocycles. The van der Waals surface area contributed by atoms with Gasteiger partial charge in [0.05, 0.1) is 0 Å². The maximum atomic E-state index is 4.42. The number of nitrogens with zero attached hydrogens (tertiary/aromatic N) is 2. The number of benzene rings is 1. The van der Waals surface area contributed by atoms with Crippen LogP contribution in [-0.2, 0) is 6.54 Å². The Bertz CT molecular complexity index is 555. The van der Waals surface area contributed by atoms with Crippen molar-refractivity contribution in [1.29, 1.82) is 0 Å². The number of nitrogens with one attached hydrogen (secondary N) is 1. The summed E-state index contributed by atoms with van der Waals surface area (Å²) in [6.07, 6.45) is 1.81. The fourth-order valence-corrected chi connectivity index (χ4v) is 2.63. The largest absolute Gasteiger partial charge is 0.313 e. The van der Waals surface area contributed by atoms with Crippen molar-refractivity contribution < 1.29 is 0 Å². The Kier molecular flexibility index (Phi) is 4.93. The molecule has 0 radical (unpaired) electrons. The number of rotatable bonds is 5. The zero-order chi connectivity index (χ0) is 13.7. The second-order valence-electron chi connectivity index (χ2n) is 4.46. The van der Waals surface area contributed by atoms with Gasteiger partial charge in [0.15, 0.2) is 5.16 Å². The third kappa shape index (κ3) is 4.04. The number of hydrogen-bond donors (Lipinski definition) is 1.